The molecule has 1 unspecified atom stereocenters. The highest BCUT2D eigenvalue weighted by Crippen LogP contribution is 2.37. The molecule has 2 aliphatic heterocycles. The molecule has 0 aliphatic carbocycles. The molecule has 0 saturated carbocycles. The molecule has 0 bridgehead atoms. The first-order valence-corrected chi connectivity index (χ1v) is 12.4. The van der Waals surface area contributed by atoms with Gasteiger partial charge < -0.3 is 15.4 Å². The van der Waals surface area contributed by atoms with Crippen LogP contribution in [-0.2, 0) is 6.18 Å². The van der Waals surface area contributed by atoms with Crippen LogP contribution in [0.3, 0.4) is 0 Å². The van der Waals surface area contributed by atoms with Crippen LogP contribution in [0.15, 0.2) is 66.4 Å². The minimum absolute atomic E-state index is 0.113. The zero-order chi connectivity index (χ0) is 25.7. The lowest BCUT2D eigenvalue weighted by Crippen LogP contribution is -2.41. The van der Waals surface area contributed by atoms with E-state index >= 15 is 0 Å². The van der Waals surface area contributed by atoms with Gasteiger partial charge in [-0.2, -0.15) is 13.2 Å². The highest BCUT2D eigenvalue weighted by Gasteiger charge is 2.34. The van der Waals surface area contributed by atoms with E-state index in [2.05, 4.69) is 15.9 Å². The Morgan fingerprint density at radius 2 is 1.81 bits per heavy atom. The Morgan fingerprint density at radius 3 is 2.50 bits per heavy atom. The number of nitrogens with two attached hydrogens (primary N) is 1. The predicted octanol–water partition coefficient (Wildman–Crippen LogP) is 5.70. The van der Waals surface area contributed by atoms with Crippen molar-refractivity contribution in [2.45, 2.75) is 32.0 Å². The summed E-state index contributed by atoms with van der Waals surface area (Å²) in [4.78, 5) is 4.54. The molecule has 0 amide bonds. The Labute approximate surface area is 210 Å². The van der Waals surface area contributed by atoms with Gasteiger partial charge in [-0.3, -0.25) is 4.90 Å². The largest absolute Gasteiger partial charge is 0.492 e. The molecule has 36 heavy (non-hydrogen) atoms. The van der Waals surface area contributed by atoms with E-state index in [0.29, 0.717) is 18.0 Å². The lowest BCUT2D eigenvalue weighted by molar-refractivity contribution is -0.139. The van der Waals surface area contributed by atoms with Crippen LogP contribution in [0.25, 0.3) is 0 Å². The van der Waals surface area contributed by atoms with Crippen molar-refractivity contribution in [3.05, 3.63) is 88.9 Å². The van der Waals surface area contributed by atoms with E-state index in [9.17, 15) is 17.6 Å². The fraction of sp³-hybridized carbons (Fsp3) is 0.429. The summed E-state index contributed by atoms with van der Waals surface area (Å²) in [6.45, 7) is 5.86. The molecule has 0 radical (unpaired) electrons. The first kappa shape index (κ1) is 26.2. The second-order valence-electron chi connectivity index (χ2n) is 9.58. The van der Waals surface area contributed by atoms with Crippen molar-refractivity contribution < 1.29 is 22.3 Å². The van der Waals surface area contributed by atoms with Gasteiger partial charge in [-0.05, 0) is 74.7 Å². The van der Waals surface area contributed by atoms with E-state index in [1.165, 1.54) is 18.2 Å². The van der Waals surface area contributed by atoms with E-state index < -0.39 is 11.7 Å². The van der Waals surface area contributed by atoms with Gasteiger partial charge in [-0.15, -0.1) is 0 Å². The number of piperidine rings is 1. The molecule has 1 saturated heterocycles. The average Bonchev–Trinajstić information content (AvgIpc) is 2.86. The zero-order valence-corrected chi connectivity index (χ0v) is 20.5. The number of aryl methyl sites for hydroxylation is 1. The van der Waals surface area contributed by atoms with E-state index in [-0.39, 0.29) is 24.2 Å². The molecular formula is C28H33F4N3O. The van der Waals surface area contributed by atoms with Crippen LogP contribution in [0, 0.1) is 18.7 Å². The Morgan fingerprint density at radius 1 is 1.08 bits per heavy atom. The molecule has 2 heterocycles. The van der Waals surface area contributed by atoms with Crippen LogP contribution in [0.2, 0.25) is 0 Å². The van der Waals surface area contributed by atoms with Gasteiger partial charge in [0, 0.05) is 25.3 Å². The number of hydrogen-bond donors (Lipinski definition) is 1. The van der Waals surface area contributed by atoms with Crippen molar-refractivity contribution in [1.29, 1.82) is 0 Å². The van der Waals surface area contributed by atoms with Crippen LogP contribution < -0.4 is 10.5 Å². The van der Waals surface area contributed by atoms with E-state index in [4.69, 9.17) is 10.5 Å². The Hall–Kier alpha value is -2.84. The Balaban J connectivity index is 1.26. The molecule has 1 atom stereocenters. The maximum Gasteiger partial charge on any atom is 0.419 e. The Bertz CT molecular complexity index is 1070. The molecule has 0 aromatic heterocycles. The van der Waals surface area contributed by atoms with Crippen molar-refractivity contribution in [2.24, 2.45) is 11.7 Å². The molecule has 2 aromatic rings. The monoisotopic (exact) mass is 503 g/mol. The number of nitrogens with zero attached hydrogens (tertiary/aromatic N) is 2. The van der Waals surface area contributed by atoms with Crippen LogP contribution in [0.4, 0.5) is 17.6 Å². The fourth-order valence-corrected chi connectivity index (χ4v) is 4.87. The average molecular weight is 504 g/mol. The van der Waals surface area contributed by atoms with Gasteiger partial charge in [0.05, 0.1) is 11.6 Å². The van der Waals surface area contributed by atoms with Gasteiger partial charge >= 0.3 is 6.18 Å². The third-order valence-electron chi connectivity index (χ3n) is 6.93. The summed E-state index contributed by atoms with van der Waals surface area (Å²) in [6, 6.07) is 10.2. The standard InChI is InChI=1S/C28H33F4N3O/c1-20-5-10-26(24(18-20)28(30,31)32)36-17-16-34-14-11-21(12-15-34)19-35-13-3-2-4-25(35)27(33)22-6-8-23(29)9-7-22/h2-10,18,21,27H,11-17,19,33H2,1H3. The maximum absolute atomic E-state index is 13.3. The predicted molar refractivity (Wildman–Crippen MR) is 133 cm³/mol. The lowest BCUT2D eigenvalue weighted by atomic mass is 9.94. The number of benzene rings is 2. The number of ether oxygens (including phenoxy) is 1. The number of likely N-dealkylation sites (tertiary alicyclic amines) is 1. The van der Waals surface area contributed by atoms with Gasteiger partial charge in [0.15, 0.2) is 0 Å². The quantitative estimate of drug-likeness (QED) is 0.470. The van der Waals surface area contributed by atoms with Gasteiger partial charge in [0.2, 0.25) is 0 Å². The molecule has 194 valence electrons. The summed E-state index contributed by atoms with van der Waals surface area (Å²) in [5.74, 6) is 0.0986. The topological polar surface area (TPSA) is 41.7 Å². The number of hydrogen-bond acceptors (Lipinski definition) is 4. The summed E-state index contributed by atoms with van der Waals surface area (Å²) < 4.78 is 58.8. The molecule has 1 fully saturated rings. The van der Waals surface area contributed by atoms with Gasteiger partial charge in [0.1, 0.15) is 18.2 Å². The van der Waals surface area contributed by atoms with E-state index in [1.807, 2.05) is 12.2 Å². The summed E-state index contributed by atoms with van der Waals surface area (Å²) in [5.41, 5.74) is 8.26. The smallest absolute Gasteiger partial charge is 0.419 e. The van der Waals surface area contributed by atoms with E-state index in [1.54, 1.807) is 25.1 Å². The minimum Gasteiger partial charge on any atom is -0.492 e. The summed E-state index contributed by atoms with van der Waals surface area (Å²) in [7, 11) is 0. The van der Waals surface area contributed by atoms with Gasteiger partial charge in [-0.1, -0.05) is 35.9 Å². The molecule has 8 heteroatoms. The molecule has 2 aromatic carbocycles. The first-order chi connectivity index (χ1) is 17.2. The molecule has 2 aliphatic rings. The molecule has 4 rings (SSSR count). The van der Waals surface area contributed by atoms with E-state index in [0.717, 1.165) is 56.3 Å². The van der Waals surface area contributed by atoms with Gasteiger partial charge in [0.25, 0.3) is 0 Å². The summed E-state index contributed by atoms with van der Waals surface area (Å²) in [5, 5.41) is 0. The number of alkyl halides is 3. The van der Waals surface area contributed by atoms with Crippen LogP contribution in [0.5, 0.6) is 5.75 Å². The first-order valence-electron chi connectivity index (χ1n) is 12.4. The summed E-state index contributed by atoms with van der Waals surface area (Å²) >= 11 is 0. The zero-order valence-electron chi connectivity index (χ0n) is 20.5. The second kappa shape index (κ2) is 11.5. The third-order valence-corrected chi connectivity index (χ3v) is 6.93. The third kappa shape index (κ3) is 6.68. The second-order valence-corrected chi connectivity index (χ2v) is 9.58. The summed E-state index contributed by atoms with van der Waals surface area (Å²) in [6.07, 6.45) is 3.71. The molecular weight excluding hydrogens is 470 g/mol. The fourth-order valence-electron chi connectivity index (χ4n) is 4.87. The van der Waals surface area contributed by atoms with Crippen molar-refractivity contribution in [1.82, 2.24) is 9.80 Å². The van der Waals surface area contributed by atoms with Crippen molar-refractivity contribution in [3.8, 4) is 5.75 Å². The molecule has 0 spiro atoms. The lowest BCUT2D eigenvalue weighted by Gasteiger charge is -2.38. The minimum atomic E-state index is -4.43. The normalized spacial score (nSPS) is 18.3. The maximum atomic E-state index is 13.3. The van der Waals surface area contributed by atoms with Gasteiger partial charge in [-0.25, -0.2) is 4.39 Å². The molecule has 2 N–H and O–H groups in total. The SMILES string of the molecule is Cc1ccc(OCCN2CCC(CN3CC=CC=C3C(N)c3ccc(F)cc3)CC2)c(C(F)(F)F)c1. The van der Waals surface area contributed by atoms with Crippen molar-refractivity contribution in [2.75, 3.05) is 39.3 Å². The van der Waals surface area contributed by atoms with Crippen molar-refractivity contribution in [3.63, 3.8) is 0 Å². The Kier molecular flexibility index (Phi) is 8.36. The number of rotatable bonds is 8. The van der Waals surface area contributed by atoms with Crippen LogP contribution in [0.1, 0.15) is 35.6 Å². The highest BCUT2D eigenvalue weighted by atomic mass is 19.4. The number of halogens is 4. The molecule has 4 nitrogen and oxygen atoms in total. The van der Waals surface area contributed by atoms with Crippen molar-refractivity contribution >= 4 is 0 Å². The number of allylic oxidation sites excluding steroid dienone is 2. The van der Waals surface area contributed by atoms with Crippen LogP contribution >= 0.6 is 0 Å². The highest BCUT2D eigenvalue weighted by molar-refractivity contribution is 5.39. The van der Waals surface area contributed by atoms with Crippen LogP contribution in [-0.4, -0.2) is 49.1 Å².